The van der Waals surface area contributed by atoms with Crippen LogP contribution in [0.3, 0.4) is 0 Å². The summed E-state index contributed by atoms with van der Waals surface area (Å²) in [5, 5.41) is 1.90. The minimum absolute atomic E-state index is 0.563. The molecule has 0 amide bonds. The SMILES string of the molecule is C=C(C)C=CNC(C(=O)OC)C(F)(F)F. The molecule has 0 aromatic rings. The lowest BCUT2D eigenvalue weighted by molar-refractivity contribution is -0.180. The number of carbonyl (C=O) groups is 1. The van der Waals surface area contributed by atoms with Crippen molar-refractivity contribution in [3.05, 3.63) is 24.4 Å². The van der Waals surface area contributed by atoms with Gasteiger partial charge in [0.2, 0.25) is 6.04 Å². The van der Waals surface area contributed by atoms with Gasteiger partial charge in [-0.3, -0.25) is 0 Å². The van der Waals surface area contributed by atoms with Crippen LogP contribution in [0.15, 0.2) is 24.4 Å². The van der Waals surface area contributed by atoms with Crippen LogP contribution >= 0.6 is 0 Å². The van der Waals surface area contributed by atoms with Crippen LogP contribution in [0, 0.1) is 0 Å². The second kappa shape index (κ2) is 5.43. The molecule has 0 aromatic heterocycles. The molecule has 0 rings (SSSR count). The van der Waals surface area contributed by atoms with Crippen LogP contribution < -0.4 is 5.32 Å². The van der Waals surface area contributed by atoms with Gasteiger partial charge in [-0.15, -0.1) is 0 Å². The molecular weight excluding hydrogens is 211 g/mol. The summed E-state index contributed by atoms with van der Waals surface area (Å²) >= 11 is 0. The molecule has 0 radical (unpaired) electrons. The van der Waals surface area contributed by atoms with Gasteiger partial charge in [-0.05, 0) is 19.2 Å². The number of alkyl halides is 3. The van der Waals surface area contributed by atoms with E-state index < -0.39 is 18.2 Å². The zero-order chi connectivity index (χ0) is 12.1. The van der Waals surface area contributed by atoms with Crippen molar-refractivity contribution in [2.75, 3.05) is 7.11 Å². The summed E-state index contributed by atoms with van der Waals surface area (Å²) < 4.78 is 40.8. The van der Waals surface area contributed by atoms with Gasteiger partial charge in [0.1, 0.15) is 0 Å². The molecule has 0 aliphatic heterocycles. The van der Waals surface area contributed by atoms with E-state index in [1.54, 1.807) is 6.92 Å². The quantitative estimate of drug-likeness (QED) is 0.583. The second-order valence-electron chi connectivity index (χ2n) is 2.84. The van der Waals surface area contributed by atoms with Gasteiger partial charge in [0.05, 0.1) is 7.11 Å². The number of rotatable bonds is 4. The van der Waals surface area contributed by atoms with E-state index in [9.17, 15) is 18.0 Å². The van der Waals surface area contributed by atoms with Gasteiger partial charge in [-0.1, -0.05) is 12.2 Å². The topological polar surface area (TPSA) is 38.3 Å². The molecule has 0 spiro atoms. The monoisotopic (exact) mass is 223 g/mol. The van der Waals surface area contributed by atoms with Gasteiger partial charge >= 0.3 is 12.1 Å². The Labute approximate surface area is 85.6 Å². The van der Waals surface area contributed by atoms with E-state index >= 15 is 0 Å². The summed E-state index contributed by atoms with van der Waals surface area (Å²) in [5.74, 6) is -1.38. The standard InChI is InChI=1S/C9H12F3NO2/c1-6(2)4-5-13-7(8(14)15-3)9(10,11)12/h4-5,7,13H,1H2,2-3H3. The van der Waals surface area contributed by atoms with E-state index in [0.29, 0.717) is 5.57 Å². The lowest BCUT2D eigenvalue weighted by atomic mass is 10.3. The minimum Gasteiger partial charge on any atom is -0.467 e. The molecule has 6 heteroatoms. The molecular formula is C9H12F3NO2. The molecule has 0 saturated carbocycles. The largest absolute Gasteiger partial charge is 0.467 e. The first kappa shape index (κ1) is 13.5. The number of hydrogen-bond donors (Lipinski definition) is 1. The van der Waals surface area contributed by atoms with Crippen molar-refractivity contribution in [2.45, 2.75) is 19.1 Å². The van der Waals surface area contributed by atoms with Gasteiger partial charge in [0.25, 0.3) is 0 Å². The van der Waals surface area contributed by atoms with Crippen LogP contribution in [-0.2, 0) is 9.53 Å². The smallest absolute Gasteiger partial charge is 0.419 e. The third-order valence-electron chi connectivity index (χ3n) is 1.39. The Morgan fingerprint density at radius 1 is 1.53 bits per heavy atom. The molecule has 0 aromatic carbocycles. The predicted octanol–water partition coefficient (Wildman–Crippen LogP) is 1.77. The van der Waals surface area contributed by atoms with E-state index in [0.717, 1.165) is 13.3 Å². The van der Waals surface area contributed by atoms with Crippen molar-refractivity contribution in [1.29, 1.82) is 0 Å². The molecule has 0 aliphatic rings. The average molecular weight is 223 g/mol. The first-order chi connectivity index (χ1) is 6.79. The lowest BCUT2D eigenvalue weighted by Crippen LogP contribution is -2.46. The number of allylic oxidation sites excluding steroid dienone is 2. The third-order valence-corrected chi connectivity index (χ3v) is 1.39. The molecule has 0 bridgehead atoms. The van der Waals surface area contributed by atoms with Gasteiger partial charge in [-0.2, -0.15) is 13.2 Å². The maximum absolute atomic E-state index is 12.3. The Kier molecular flexibility index (Phi) is 4.90. The number of carbonyl (C=O) groups excluding carboxylic acids is 1. The van der Waals surface area contributed by atoms with Crippen molar-refractivity contribution in [3.8, 4) is 0 Å². The van der Waals surface area contributed by atoms with Crippen molar-refractivity contribution in [1.82, 2.24) is 5.32 Å². The van der Waals surface area contributed by atoms with Gasteiger partial charge in [0, 0.05) is 0 Å². The highest BCUT2D eigenvalue weighted by Crippen LogP contribution is 2.21. The first-order valence-electron chi connectivity index (χ1n) is 4.01. The van der Waals surface area contributed by atoms with Gasteiger partial charge in [-0.25, -0.2) is 4.79 Å². The molecule has 0 saturated heterocycles. The molecule has 86 valence electrons. The predicted molar refractivity (Wildman–Crippen MR) is 48.9 cm³/mol. The number of halogens is 3. The van der Waals surface area contributed by atoms with Gasteiger partial charge in [0.15, 0.2) is 0 Å². The van der Waals surface area contributed by atoms with Crippen molar-refractivity contribution in [2.24, 2.45) is 0 Å². The van der Waals surface area contributed by atoms with Crippen molar-refractivity contribution < 1.29 is 22.7 Å². The van der Waals surface area contributed by atoms with Crippen LogP contribution in [0.5, 0.6) is 0 Å². The summed E-state index contributed by atoms with van der Waals surface area (Å²) in [7, 11) is 0.894. The Bertz CT molecular complexity index is 271. The first-order valence-corrected chi connectivity index (χ1v) is 4.01. The summed E-state index contributed by atoms with van der Waals surface area (Å²) in [6.45, 7) is 5.06. The molecule has 0 fully saturated rings. The maximum atomic E-state index is 12.3. The number of methoxy groups -OCH3 is 1. The van der Waals surface area contributed by atoms with E-state index in [1.807, 2.05) is 5.32 Å². The number of ether oxygens (including phenoxy) is 1. The zero-order valence-electron chi connectivity index (χ0n) is 8.39. The van der Waals surface area contributed by atoms with Crippen LogP contribution in [0.1, 0.15) is 6.92 Å². The van der Waals surface area contributed by atoms with E-state index in [4.69, 9.17) is 0 Å². The van der Waals surface area contributed by atoms with Crippen LogP contribution in [0.25, 0.3) is 0 Å². The molecule has 1 atom stereocenters. The molecule has 1 N–H and O–H groups in total. The fourth-order valence-electron chi connectivity index (χ4n) is 0.701. The van der Waals surface area contributed by atoms with Crippen molar-refractivity contribution in [3.63, 3.8) is 0 Å². The summed E-state index contributed by atoms with van der Waals surface area (Å²) in [6.07, 6.45) is -2.36. The van der Waals surface area contributed by atoms with E-state index in [1.165, 1.54) is 6.08 Å². The maximum Gasteiger partial charge on any atom is 0.419 e. The highest BCUT2D eigenvalue weighted by atomic mass is 19.4. The number of nitrogens with one attached hydrogen (secondary N) is 1. The molecule has 1 unspecified atom stereocenters. The number of hydrogen-bond acceptors (Lipinski definition) is 3. The molecule has 15 heavy (non-hydrogen) atoms. The second-order valence-corrected chi connectivity index (χ2v) is 2.84. The number of esters is 1. The normalized spacial score (nSPS) is 13.7. The summed E-state index contributed by atoms with van der Waals surface area (Å²) in [5.41, 5.74) is 0.563. The van der Waals surface area contributed by atoms with Gasteiger partial charge < -0.3 is 10.1 Å². The highest BCUT2D eigenvalue weighted by molar-refractivity contribution is 5.76. The summed E-state index contributed by atoms with van der Waals surface area (Å²) in [4.78, 5) is 10.8. The van der Waals surface area contributed by atoms with Crippen LogP contribution in [0.4, 0.5) is 13.2 Å². The Morgan fingerprint density at radius 3 is 2.40 bits per heavy atom. The average Bonchev–Trinajstić information content (AvgIpc) is 2.09. The van der Waals surface area contributed by atoms with Crippen LogP contribution in [0.2, 0.25) is 0 Å². The molecule has 0 heterocycles. The molecule has 3 nitrogen and oxygen atoms in total. The Hall–Kier alpha value is -1.46. The van der Waals surface area contributed by atoms with Crippen molar-refractivity contribution >= 4 is 5.97 Å². The molecule has 0 aliphatic carbocycles. The fraction of sp³-hybridized carbons (Fsp3) is 0.444. The van der Waals surface area contributed by atoms with Crippen LogP contribution in [-0.4, -0.2) is 25.3 Å². The minimum atomic E-state index is -4.69. The summed E-state index contributed by atoms with van der Waals surface area (Å²) in [6, 6.07) is -2.35. The third kappa shape index (κ3) is 5.09. The van der Waals surface area contributed by atoms with E-state index in [2.05, 4.69) is 11.3 Å². The van der Waals surface area contributed by atoms with E-state index in [-0.39, 0.29) is 0 Å². The Morgan fingerprint density at radius 2 is 2.07 bits per heavy atom. The zero-order valence-corrected chi connectivity index (χ0v) is 8.39. The lowest BCUT2D eigenvalue weighted by Gasteiger charge is -2.17. The Balaban J connectivity index is 4.54. The highest BCUT2D eigenvalue weighted by Gasteiger charge is 2.45. The fourth-order valence-corrected chi connectivity index (χ4v) is 0.701.